The van der Waals surface area contributed by atoms with E-state index < -0.39 is 5.91 Å². The molecule has 0 radical (unpaired) electrons. The van der Waals surface area contributed by atoms with Gasteiger partial charge in [-0.05, 0) is 31.0 Å². The summed E-state index contributed by atoms with van der Waals surface area (Å²) in [5.74, 6) is 1.28. The SMILES string of the molecule is O=C(N/N=C/c1ccc(N2CCCC2)o1)c1cc2ccccc2o1. The highest BCUT2D eigenvalue weighted by Gasteiger charge is 2.15. The maximum atomic E-state index is 12.1. The van der Waals surface area contributed by atoms with Crippen LogP contribution in [-0.4, -0.2) is 25.2 Å². The second-order valence-corrected chi connectivity index (χ2v) is 5.72. The van der Waals surface area contributed by atoms with Crippen molar-refractivity contribution in [2.75, 3.05) is 18.0 Å². The van der Waals surface area contributed by atoms with E-state index in [0.717, 1.165) is 24.4 Å². The highest BCUT2D eigenvalue weighted by Crippen LogP contribution is 2.22. The molecular formula is C18H17N3O3. The molecule has 0 bridgehead atoms. The first-order valence-corrected chi connectivity index (χ1v) is 7.96. The molecule has 24 heavy (non-hydrogen) atoms. The van der Waals surface area contributed by atoms with Crippen LogP contribution < -0.4 is 10.3 Å². The topological polar surface area (TPSA) is 71.0 Å². The Hall–Kier alpha value is -3.02. The maximum Gasteiger partial charge on any atom is 0.307 e. The lowest BCUT2D eigenvalue weighted by Crippen LogP contribution is -2.17. The maximum absolute atomic E-state index is 12.1. The van der Waals surface area contributed by atoms with E-state index in [1.165, 1.54) is 19.1 Å². The van der Waals surface area contributed by atoms with Gasteiger partial charge < -0.3 is 13.7 Å². The Bertz CT molecular complexity index is 855. The van der Waals surface area contributed by atoms with E-state index in [1.54, 1.807) is 6.07 Å². The number of para-hydroxylation sites is 1. The summed E-state index contributed by atoms with van der Waals surface area (Å²) in [6, 6.07) is 12.9. The van der Waals surface area contributed by atoms with Gasteiger partial charge in [-0.1, -0.05) is 18.2 Å². The molecule has 0 aliphatic carbocycles. The van der Waals surface area contributed by atoms with Gasteiger partial charge in [-0.2, -0.15) is 5.10 Å². The van der Waals surface area contributed by atoms with Crippen molar-refractivity contribution in [3.63, 3.8) is 0 Å². The summed E-state index contributed by atoms with van der Waals surface area (Å²) in [5, 5.41) is 4.81. The van der Waals surface area contributed by atoms with Crippen LogP contribution >= 0.6 is 0 Å². The van der Waals surface area contributed by atoms with Crippen LogP contribution in [0.2, 0.25) is 0 Å². The number of fused-ring (bicyclic) bond motifs is 1. The number of benzene rings is 1. The van der Waals surface area contributed by atoms with Crippen LogP contribution in [0.5, 0.6) is 0 Å². The molecule has 6 nitrogen and oxygen atoms in total. The second-order valence-electron chi connectivity index (χ2n) is 5.72. The first kappa shape index (κ1) is 14.6. The summed E-state index contributed by atoms with van der Waals surface area (Å²) < 4.78 is 11.2. The summed E-state index contributed by atoms with van der Waals surface area (Å²) in [5.41, 5.74) is 3.12. The van der Waals surface area contributed by atoms with Gasteiger partial charge in [0.2, 0.25) is 0 Å². The number of hydrazone groups is 1. The molecule has 1 amide bonds. The van der Waals surface area contributed by atoms with E-state index in [9.17, 15) is 4.79 Å². The summed E-state index contributed by atoms with van der Waals surface area (Å²) in [4.78, 5) is 14.3. The highest BCUT2D eigenvalue weighted by molar-refractivity contribution is 5.96. The van der Waals surface area contributed by atoms with Crippen LogP contribution in [-0.2, 0) is 0 Å². The average Bonchev–Trinajstić information content (AvgIpc) is 3.33. The third-order valence-electron chi connectivity index (χ3n) is 4.04. The summed E-state index contributed by atoms with van der Waals surface area (Å²) >= 11 is 0. The number of hydrogen-bond acceptors (Lipinski definition) is 5. The van der Waals surface area contributed by atoms with Crippen molar-refractivity contribution in [1.82, 2.24) is 5.43 Å². The van der Waals surface area contributed by atoms with Crippen LogP contribution in [0.1, 0.15) is 29.2 Å². The molecule has 122 valence electrons. The van der Waals surface area contributed by atoms with E-state index in [-0.39, 0.29) is 5.76 Å². The summed E-state index contributed by atoms with van der Waals surface area (Å²) in [6.07, 6.45) is 3.87. The first-order chi connectivity index (χ1) is 11.8. The number of anilines is 1. The van der Waals surface area contributed by atoms with Gasteiger partial charge in [0.15, 0.2) is 11.6 Å². The molecule has 1 aromatic carbocycles. The number of rotatable bonds is 4. The Balaban J connectivity index is 1.40. The van der Waals surface area contributed by atoms with Gasteiger partial charge in [-0.15, -0.1) is 0 Å². The minimum absolute atomic E-state index is 0.227. The molecule has 1 N–H and O–H groups in total. The van der Waals surface area contributed by atoms with Crippen molar-refractivity contribution in [2.45, 2.75) is 12.8 Å². The van der Waals surface area contributed by atoms with Gasteiger partial charge in [0, 0.05) is 24.5 Å². The van der Waals surface area contributed by atoms with Crippen molar-refractivity contribution in [2.24, 2.45) is 5.10 Å². The molecule has 1 aliphatic rings. The smallest absolute Gasteiger partial charge is 0.307 e. The molecule has 1 saturated heterocycles. The Kier molecular flexibility index (Phi) is 3.78. The van der Waals surface area contributed by atoms with Gasteiger partial charge in [0.1, 0.15) is 11.3 Å². The van der Waals surface area contributed by atoms with Gasteiger partial charge >= 0.3 is 5.91 Å². The Morgan fingerprint density at radius 2 is 1.96 bits per heavy atom. The normalized spacial score (nSPS) is 14.8. The fourth-order valence-electron chi connectivity index (χ4n) is 2.82. The van der Waals surface area contributed by atoms with Crippen LogP contribution in [0, 0.1) is 0 Å². The minimum atomic E-state index is -0.395. The van der Waals surface area contributed by atoms with Gasteiger partial charge in [0.25, 0.3) is 0 Å². The van der Waals surface area contributed by atoms with Gasteiger partial charge in [0.05, 0.1) is 6.21 Å². The van der Waals surface area contributed by atoms with Crippen molar-refractivity contribution in [1.29, 1.82) is 0 Å². The predicted molar refractivity (Wildman–Crippen MR) is 91.4 cm³/mol. The zero-order valence-electron chi connectivity index (χ0n) is 13.1. The summed E-state index contributed by atoms with van der Waals surface area (Å²) in [7, 11) is 0. The zero-order chi connectivity index (χ0) is 16.4. The molecule has 3 heterocycles. The summed E-state index contributed by atoms with van der Waals surface area (Å²) in [6.45, 7) is 2.04. The number of nitrogens with zero attached hydrogens (tertiary/aromatic N) is 2. The number of carbonyl (C=O) groups is 1. The van der Waals surface area contributed by atoms with E-state index in [2.05, 4.69) is 15.4 Å². The lowest BCUT2D eigenvalue weighted by molar-refractivity contribution is 0.0929. The molecular weight excluding hydrogens is 306 g/mol. The minimum Gasteiger partial charge on any atom is -0.451 e. The van der Waals surface area contributed by atoms with Gasteiger partial charge in [-0.3, -0.25) is 4.79 Å². The van der Waals surface area contributed by atoms with Crippen LogP contribution in [0.25, 0.3) is 11.0 Å². The third kappa shape index (κ3) is 2.90. The Morgan fingerprint density at radius 1 is 1.12 bits per heavy atom. The van der Waals surface area contributed by atoms with E-state index >= 15 is 0 Å². The van der Waals surface area contributed by atoms with E-state index in [4.69, 9.17) is 8.83 Å². The molecule has 1 fully saturated rings. The van der Waals surface area contributed by atoms with E-state index in [0.29, 0.717) is 11.3 Å². The molecule has 0 spiro atoms. The molecule has 0 atom stereocenters. The molecule has 2 aromatic heterocycles. The Labute approximate surface area is 138 Å². The quantitative estimate of drug-likeness (QED) is 0.590. The highest BCUT2D eigenvalue weighted by atomic mass is 16.4. The number of furan rings is 2. The Morgan fingerprint density at radius 3 is 2.79 bits per heavy atom. The van der Waals surface area contributed by atoms with Crippen molar-refractivity contribution >= 4 is 29.0 Å². The third-order valence-corrected chi connectivity index (χ3v) is 4.04. The molecule has 3 aromatic rings. The number of hydrogen-bond donors (Lipinski definition) is 1. The average molecular weight is 323 g/mol. The first-order valence-electron chi connectivity index (χ1n) is 7.96. The van der Waals surface area contributed by atoms with Gasteiger partial charge in [-0.25, -0.2) is 5.43 Å². The van der Waals surface area contributed by atoms with Crippen molar-refractivity contribution < 1.29 is 13.6 Å². The fourth-order valence-corrected chi connectivity index (χ4v) is 2.82. The molecule has 6 heteroatoms. The second kappa shape index (κ2) is 6.23. The largest absolute Gasteiger partial charge is 0.451 e. The number of nitrogens with one attached hydrogen (secondary N) is 1. The fraction of sp³-hybridized carbons (Fsp3) is 0.222. The van der Waals surface area contributed by atoms with Crippen LogP contribution in [0.3, 0.4) is 0 Å². The number of carbonyl (C=O) groups excluding carboxylic acids is 1. The monoisotopic (exact) mass is 323 g/mol. The zero-order valence-corrected chi connectivity index (χ0v) is 13.1. The standard InChI is InChI=1S/C18H17N3O3/c22-18(16-11-13-5-1-2-6-15(13)24-16)20-19-12-14-7-8-17(23-14)21-9-3-4-10-21/h1-2,5-8,11-12H,3-4,9-10H2,(H,20,22)/b19-12+. The lowest BCUT2D eigenvalue weighted by Gasteiger charge is -2.12. The lowest BCUT2D eigenvalue weighted by atomic mass is 10.2. The van der Waals surface area contributed by atoms with Crippen molar-refractivity contribution in [3.8, 4) is 0 Å². The van der Waals surface area contributed by atoms with Crippen molar-refractivity contribution in [3.05, 3.63) is 54.0 Å². The van der Waals surface area contributed by atoms with Crippen LogP contribution in [0.4, 0.5) is 5.88 Å². The van der Waals surface area contributed by atoms with Crippen LogP contribution in [0.15, 0.2) is 56.4 Å². The number of amides is 1. The van der Waals surface area contributed by atoms with E-state index in [1.807, 2.05) is 36.4 Å². The molecule has 0 saturated carbocycles. The molecule has 1 aliphatic heterocycles. The molecule has 0 unspecified atom stereocenters. The molecule has 4 rings (SSSR count). The predicted octanol–water partition coefficient (Wildman–Crippen LogP) is 3.39.